The fraction of sp³-hybridized carbons (Fsp3) is 0.533. The van der Waals surface area contributed by atoms with Crippen molar-refractivity contribution in [1.29, 1.82) is 0 Å². The fourth-order valence-electron chi connectivity index (χ4n) is 3.33. The highest BCUT2D eigenvalue weighted by Crippen LogP contribution is 2.31. The number of H-pyrrole nitrogens is 1. The lowest BCUT2D eigenvalue weighted by Crippen LogP contribution is -2.18. The van der Waals surface area contributed by atoms with Crippen LogP contribution in [0.3, 0.4) is 0 Å². The lowest BCUT2D eigenvalue weighted by molar-refractivity contribution is 0.258. The lowest BCUT2D eigenvalue weighted by Gasteiger charge is -2.27. The summed E-state index contributed by atoms with van der Waals surface area (Å²) in [5.74, 6) is 1.57. The summed E-state index contributed by atoms with van der Waals surface area (Å²) < 4.78 is 2.98. The van der Waals surface area contributed by atoms with Gasteiger partial charge in [0.1, 0.15) is 0 Å². The summed E-state index contributed by atoms with van der Waals surface area (Å²) in [6.07, 6.45) is 5.33. The smallest absolute Gasteiger partial charge is 0.178 e. The maximum atomic E-state index is 6.33. The van der Waals surface area contributed by atoms with Crippen LogP contribution in [0, 0.1) is 16.6 Å². The molecule has 4 heteroatoms. The monoisotopic (exact) mass is 294 g/mol. The minimum absolute atomic E-state index is 0.728. The normalized spacial score (nSPS) is 23.9. The van der Waals surface area contributed by atoms with Crippen LogP contribution >= 0.6 is 23.8 Å². The largest absolute Gasteiger partial charge is 0.331 e. The van der Waals surface area contributed by atoms with E-state index in [0.717, 1.165) is 39.2 Å². The first-order valence-corrected chi connectivity index (χ1v) is 7.81. The number of hydrogen-bond donors (Lipinski definition) is 1. The Hall–Kier alpha value is -0.800. The molecule has 3 rings (SSSR count). The van der Waals surface area contributed by atoms with Crippen LogP contribution in [-0.4, -0.2) is 9.55 Å². The van der Waals surface area contributed by atoms with E-state index in [-0.39, 0.29) is 0 Å². The second kappa shape index (κ2) is 5.29. The van der Waals surface area contributed by atoms with Gasteiger partial charge in [-0.25, -0.2) is 0 Å². The first kappa shape index (κ1) is 13.2. The number of para-hydroxylation sites is 1. The molecule has 1 fully saturated rings. The highest BCUT2D eigenvalue weighted by Gasteiger charge is 2.20. The first-order valence-electron chi connectivity index (χ1n) is 7.02. The molecule has 2 nitrogen and oxygen atoms in total. The van der Waals surface area contributed by atoms with Gasteiger partial charge in [0.2, 0.25) is 0 Å². The molecule has 102 valence electrons. The molecular formula is C15H19ClN2S. The van der Waals surface area contributed by atoms with Gasteiger partial charge in [0.25, 0.3) is 0 Å². The van der Waals surface area contributed by atoms with Gasteiger partial charge in [-0.2, -0.15) is 0 Å². The van der Waals surface area contributed by atoms with Gasteiger partial charge in [0, 0.05) is 6.54 Å². The van der Waals surface area contributed by atoms with Gasteiger partial charge in [-0.1, -0.05) is 37.4 Å². The number of nitrogens with one attached hydrogen (secondary N) is 1. The number of hydrogen-bond acceptors (Lipinski definition) is 1. The van der Waals surface area contributed by atoms with Crippen LogP contribution in [0.15, 0.2) is 18.2 Å². The van der Waals surface area contributed by atoms with Gasteiger partial charge in [0.15, 0.2) is 4.77 Å². The van der Waals surface area contributed by atoms with Gasteiger partial charge in [-0.05, 0) is 49.0 Å². The van der Waals surface area contributed by atoms with Gasteiger partial charge in [-0.3, -0.25) is 0 Å². The van der Waals surface area contributed by atoms with Crippen LogP contribution in [0.5, 0.6) is 0 Å². The Morgan fingerprint density at radius 3 is 3.05 bits per heavy atom. The molecular weight excluding hydrogens is 276 g/mol. The third-order valence-electron chi connectivity index (χ3n) is 4.23. The van der Waals surface area contributed by atoms with Crippen LogP contribution in [0.25, 0.3) is 11.0 Å². The zero-order valence-electron chi connectivity index (χ0n) is 11.2. The maximum absolute atomic E-state index is 6.33. The van der Waals surface area contributed by atoms with E-state index >= 15 is 0 Å². The number of fused-ring (bicyclic) bond motifs is 1. The molecule has 1 aliphatic rings. The summed E-state index contributed by atoms with van der Waals surface area (Å²) in [6, 6.07) is 5.94. The Bertz CT molecular complexity index is 643. The Balaban J connectivity index is 1.96. The molecule has 1 aromatic heterocycles. The number of aromatic amines is 1. The zero-order valence-corrected chi connectivity index (χ0v) is 12.7. The Morgan fingerprint density at radius 1 is 1.42 bits per heavy atom. The third-order valence-corrected chi connectivity index (χ3v) is 4.86. The molecule has 2 unspecified atom stereocenters. The summed E-state index contributed by atoms with van der Waals surface area (Å²) in [7, 11) is 0. The minimum atomic E-state index is 0.728. The second-order valence-corrected chi connectivity index (χ2v) is 6.61. The fourth-order valence-corrected chi connectivity index (χ4v) is 3.89. The predicted octanol–water partition coefficient (Wildman–Crippen LogP) is 5.18. The van der Waals surface area contributed by atoms with Crippen molar-refractivity contribution in [1.82, 2.24) is 9.55 Å². The molecule has 0 amide bonds. The number of halogens is 1. The van der Waals surface area contributed by atoms with Gasteiger partial charge in [-0.15, -0.1) is 0 Å². The lowest BCUT2D eigenvalue weighted by atomic mass is 9.82. The first-order chi connectivity index (χ1) is 9.15. The average Bonchev–Trinajstić information content (AvgIpc) is 2.67. The molecule has 0 radical (unpaired) electrons. The molecule has 2 atom stereocenters. The van der Waals surface area contributed by atoms with Crippen molar-refractivity contribution >= 4 is 34.9 Å². The summed E-state index contributed by atoms with van der Waals surface area (Å²) in [4.78, 5) is 3.26. The number of nitrogens with zero attached hydrogens (tertiary/aromatic N) is 1. The number of aromatic nitrogens is 2. The van der Waals surface area contributed by atoms with Crippen LogP contribution in [-0.2, 0) is 6.54 Å². The molecule has 0 bridgehead atoms. The van der Waals surface area contributed by atoms with Crippen LogP contribution < -0.4 is 0 Å². The summed E-state index contributed by atoms with van der Waals surface area (Å²) in [5, 5.41) is 0.786. The molecule has 1 aliphatic carbocycles. The van der Waals surface area contributed by atoms with Crippen molar-refractivity contribution in [3.05, 3.63) is 28.0 Å². The zero-order chi connectivity index (χ0) is 13.4. The van der Waals surface area contributed by atoms with E-state index in [2.05, 4.69) is 16.5 Å². The van der Waals surface area contributed by atoms with E-state index < -0.39 is 0 Å². The Labute approximate surface area is 123 Å². The third kappa shape index (κ3) is 2.59. The van der Waals surface area contributed by atoms with Crippen molar-refractivity contribution in [2.45, 2.75) is 39.2 Å². The molecule has 2 aromatic rings. The second-order valence-electron chi connectivity index (χ2n) is 5.81. The van der Waals surface area contributed by atoms with Crippen molar-refractivity contribution < 1.29 is 0 Å². The standard InChI is InChI=1S/C15H19ClN2S/c1-10-4-2-5-11(8-10)9-18-14-12(16)6-3-7-13(14)17-15(18)19/h3,6-7,10-11H,2,4-5,8-9H2,1H3,(H,17,19). The number of rotatable bonds is 2. The predicted molar refractivity (Wildman–Crippen MR) is 83.3 cm³/mol. The molecule has 0 aliphatic heterocycles. The van der Waals surface area contributed by atoms with Crippen molar-refractivity contribution in [2.75, 3.05) is 0 Å². The highest BCUT2D eigenvalue weighted by molar-refractivity contribution is 7.71. The number of benzene rings is 1. The molecule has 1 saturated carbocycles. The van der Waals surface area contributed by atoms with Gasteiger partial charge >= 0.3 is 0 Å². The van der Waals surface area contributed by atoms with E-state index in [1.54, 1.807) is 0 Å². The molecule has 1 heterocycles. The highest BCUT2D eigenvalue weighted by atomic mass is 35.5. The van der Waals surface area contributed by atoms with E-state index in [4.69, 9.17) is 23.8 Å². The Morgan fingerprint density at radius 2 is 2.26 bits per heavy atom. The maximum Gasteiger partial charge on any atom is 0.178 e. The molecule has 1 N–H and O–H groups in total. The van der Waals surface area contributed by atoms with Crippen molar-refractivity contribution in [3.8, 4) is 0 Å². The molecule has 0 spiro atoms. The summed E-state index contributed by atoms with van der Waals surface area (Å²) >= 11 is 11.8. The van der Waals surface area contributed by atoms with E-state index in [1.807, 2.05) is 18.2 Å². The average molecular weight is 295 g/mol. The quantitative estimate of drug-likeness (QED) is 0.757. The van der Waals surface area contributed by atoms with Crippen molar-refractivity contribution in [2.24, 2.45) is 11.8 Å². The topological polar surface area (TPSA) is 20.7 Å². The summed E-state index contributed by atoms with van der Waals surface area (Å²) in [5.41, 5.74) is 2.11. The molecule has 1 aromatic carbocycles. The van der Waals surface area contributed by atoms with Crippen LogP contribution in [0.2, 0.25) is 5.02 Å². The summed E-state index contributed by atoms with van der Waals surface area (Å²) in [6.45, 7) is 3.35. The Kier molecular flexibility index (Phi) is 3.68. The van der Waals surface area contributed by atoms with E-state index in [1.165, 1.54) is 25.7 Å². The van der Waals surface area contributed by atoms with Crippen LogP contribution in [0.4, 0.5) is 0 Å². The SMILES string of the molecule is CC1CCCC(Cn2c(=S)[nH]c3cccc(Cl)c32)C1. The van der Waals surface area contributed by atoms with Crippen molar-refractivity contribution in [3.63, 3.8) is 0 Å². The molecule has 0 saturated heterocycles. The van der Waals surface area contributed by atoms with E-state index in [9.17, 15) is 0 Å². The molecule has 19 heavy (non-hydrogen) atoms. The van der Waals surface area contributed by atoms with Gasteiger partial charge in [0.05, 0.1) is 16.1 Å². The van der Waals surface area contributed by atoms with Gasteiger partial charge < -0.3 is 9.55 Å². The van der Waals surface area contributed by atoms with Crippen LogP contribution in [0.1, 0.15) is 32.6 Å². The number of imidazole rings is 1. The minimum Gasteiger partial charge on any atom is -0.331 e. The van der Waals surface area contributed by atoms with E-state index in [0.29, 0.717) is 0 Å².